The lowest BCUT2D eigenvalue weighted by molar-refractivity contribution is 0.0698. The SMILES string of the molecule is O=C(OCc1ccccc1)N1CCN(Cc2c(O)cc(O)c3c(=O)cc(-c4ccc(O)cc4)oc23)CC1. The minimum atomic E-state index is -0.450. The number of carbonyl (C=O) groups excluding carboxylic acids is 1. The molecule has 1 fully saturated rings. The predicted molar refractivity (Wildman–Crippen MR) is 136 cm³/mol. The number of aromatic hydroxyl groups is 3. The van der Waals surface area contributed by atoms with Gasteiger partial charge in [-0.3, -0.25) is 9.69 Å². The van der Waals surface area contributed by atoms with Crippen LogP contribution in [0.5, 0.6) is 17.2 Å². The molecule has 0 saturated carbocycles. The fourth-order valence-corrected chi connectivity index (χ4v) is 4.40. The fourth-order valence-electron chi connectivity index (χ4n) is 4.40. The molecule has 3 N–H and O–H groups in total. The lowest BCUT2D eigenvalue weighted by Crippen LogP contribution is -2.48. The van der Waals surface area contributed by atoms with Crippen LogP contribution in [0.1, 0.15) is 11.1 Å². The molecule has 4 aromatic rings. The summed E-state index contributed by atoms with van der Waals surface area (Å²) in [5.41, 5.74) is 1.49. The quantitative estimate of drug-likeness (QED) is 0.374. The first kappa shape index (κ1) is 24.2. The van der Waals surface area contributed by atoms with Crippen molar-refractivity contribution >= 4 is 17.1 Å². The normalized spacial score (nSPS) is 14.1. The van der Waals surface area contributed by atoms with Gasteiger partial charge in [0.05, 0.1) is 5.56 Å². The van der Waals surface area contributed by atoms with Crippen LogP contribution in [0.3, 0.4) is 0 Å². The third-order valence-electron chi connectivity index (χ3n) is 6.43. The maximum absolute atomic E-state index is 12.9. The third-order valence-corrected chi connectivity index (χ3v) is 6.43. The van der Waals surface area contributed by atoms with Crippen LogP contribution in [-0.2, 0) is 17.9 Å². The number of fused-ring (bicyclic) bond motifs is 1. The van der Waals surface area contributed by atoms with E-state index in [1.165, 1.54) is 18.2 Å². The molecular weight excluding hydrogens is 476 g/mol. The lowest BCUT2D eigenvalue weighted by Gasteiger charge is -2.34. The first-order chi connectivity index (χ1) is 17.9. The molecule has 1 amide bonds. The molecule has 0 radical (unpaired) electrons. The Balaban J connectivity index is 1.33. The van der Waals surface area contributed by atoms with Crippen LogP contribution in [-0.4, -0.2) is 57.4 Å². The number of rotatable bonds is 5. The van der Waals surface area contributed by atoms with E-state index in [0.29, 0.717) is 37.3 Å². The Hall–Kier alpha value is -4.50. The Morgan fingerprint density at radius 3 is 2.30 bits per heavy atom. The maximum Gasteiger partial charge on any atom is 0.410 e. The minimum Gasteiger partial charge on any atom is -0.508 e. The fraction of sp³-hybridized carbons (Fsp3) is 0.214. The Bertz CT molecular complexity index is 1470. The summed E-state index contributed by atoms with van der Waals surface area (Å²) >= 11 is 0. The van der Waals surface area contributed by atoms with Crippen LogP contribution >= 0.6 is 0 Å². The summed E-state index contributed by atoms with van der Waals surface area (Å²) in [7, 11) is 0. The van der Waals surface area contributed by atoms with E-state index in [9.17, 15) is 24.9 Å². The number of nitrogens with zero attached hydrogens (tertiary/aromatic N) is 2. The molecule has 0 spiro atoms. The smallest absolute Gasteiger partial charge is 0.410 e. The third kappa shape index (κ3) is 5.22. The zero-order valence-electron chi connectivity index (χ0n) is 20.0. The van der Waals surface area contributed by atoms with Crippen molar-refractivity contribution in [1.82, 2.24) is 9.80 Å². The van der Waals surface area contributed by atoms with Gasteiger partial charge in [-0.05, 0) is 29.8 Å². The average molecular weight is 503 g/mol. The van der Waals surface area contributed by atoms with E-state index in [0.717, 1.165) is 11.6 Å². The monoisotopic (exact) mass is 502 g/mol. The Labute approximate surface area is 212 Å². The van der Waals surface area contributed by atoms with Crippen LogP contribution in [0.15, 0.2) is 75.9 Å². The molecule has 1 aromatic heterocycles. The number of hydrogen-bond donors (Lipinski definition) is 3. The van der Waals surface area contributed by atoms with Crippen molar-refractivity contribution in [2.45, 2.75) is 13.2 Å². The van der Waals surface area contributed by atoms with Crippen molar-refractivity contribution in [2.24, 2.45) is 0 Å². The van der Waals surface area contributed by atoms with Crippen molar-refractivity contribution in [3.63, 3.8) is 0 Å². The lowest BCUT2D eigenvalue weighted by atomic mass is 10.1. The second-order valence-electron chi connectivity index (χ2n) is 8.92. The van der Waals surface area contributed by atoms with Gasteiger partial charge in [-0.25, -0.2) is 4.79 Å². The van der Waals surface area contributed by atoms with Crippen molar-refractivity contribution in [2.75, 3.05) is 26.2 Å². The van der Waals surface area contributed by atoms with Gasteiger partial charge in [-0.15, -0.1) is 0 Å². The van der Waals surface area contributed by atoms with Crippen LogP contribution in [0, 0.1) is 0 Å². The van der Waals surface area contributed by atoms with Crippen molar-refractivity contribution in [1.29, 1.82) is 0 Å². The second-order valence-corrected chi connectivity index (χ2v) is 8.92. The number of ether oxygens (including phenoxy) is 1. The highest BCUT2D eigenvalue weighted by Gasteiger charge is 2.25. The molecule has 37 heavy (non-hydrogen) atoms. The van der Waals surface area contributed by atoms with Crippen LogP contribution in [0.2, 0.25) is 0 Å². The van der Waals surface area contributed by atoms with Gasteiger partial charge in [-0.2, -0.15) is 0 Å². The highest BCUT2D eigenvalue weighted by atomic mass is 16.6. The predicted octanol–water partition coefficient (Wildman–Crippen LogP) is 4.03. The summed E-state index contributed by atoms with van der Waals surface area (Å²) in [5.74, 6) is -0.241. The molecule has 3 aromatic carbocycles. The highest BCUT2D eigenvalue weighted by molar-refractivity contribution is 5.89. The largest absolute Gasteiger partial charge is 0.508 e. The Kier molecular flexibility index (Phi) is 6.70. The van der Waals surface area contributed by atoms with E-state index in [2.05, 4.69) is 0 Å². The van der Waals surface area contributed by atoms with Crippen molar-refractivity contribution in [3.8, 4) is 28.6 Å². The van der Waals surface area contributed by atoms with E-state index in [1.807, 2.05) is 35.2 Å². The topological polar surface area (TPSA) is 124 Å². The maximum atomic E-state index is 12.9. The number of phenols is 3. The van der Waals surface area contributed by atoms with Gasteiger partial charge in [0.15, 0.2) is 11.0 Å². The molecule has 9 heteroatoms. The summed E-state index contributed by atoms with van der Waals surface area (Å²) in [5, 5.41) is 30.6. The molecule has 0 aliphatic carbocycles. The molecule has 0 bridgehead atoms. The van der Waals surface area contributed by atoms with Crippen LogP contribution < -0.4 is 5.43 Å². The van der Waals surface area contributed by atoms with Gasteiger partial charge >= 0.3 is 6.09 Å². The number of benzene rings is 3. The first-order valence-electron chi connectivity index (χ1n) is 11.9. The average Bonchev–Trinajstić information content (AvgIpc) is 2.90. The molecule has 190 valence electrons. The van der Waals surface area contributed by atoms with Gasteiger partial charge in [0.25, 0.3) is 0 Å². The van der Waals surface area contributed by atoms with E-state index in [1.54, 1.807) is 17.0 Å². The number of amides is 1. The van der Waals surface area contributed by atoms with Crippen molar-refractivity contribution in [3.05, 3.63) is 88.1 Å². The zero-order chi connectivity index (χ0) is 25.9. The molecule has 1 aliphatic rings. The summed E-state index contributed by atoms with van der Waals surface area (Å²) in [6.45, 7) is 2.36. The van der Waals surface area contributed by atoms with Crippen LogP contribution in [0.25, 0.3) is 22.3 Å². The van der Waals surface area contributed by atoms with E-state index >= 15 is 0 Å². The number of phenolic OH excluding ortho intramolecular Hbond substituents is 3. The van der Waals surface area contributed by atoms with Crippen LogP contribution in [0.4, 0.5) is 4.79 Å². The summed E-state index contributed by atoms with van der Waals surface area (Å²) in [6.07, 6.45) is -0.383. The Morgan fingerprint density at radius 1 is 0.892 bits per heavy atom. The number of piperazine rings is 1. The van der Waals surface area contributed by atoms with E-state index in [4.69, 9.17) is 9.15 Å². The van der Waals surface area contributed by atoms with Crippen molar-refractivity contribution < 1.29 is 29.3 Å². The van der Waals surface area contributed by atoms with Gasteiger partial charge in [-0.1, -0.05) is 30.3 Å². The molecule has 1 aliphatic heterocycles. The molecule has 0 atom stereocenters. The van der Waals surface area contributed by atoms with Gasteiger partial charge < -0.3 is 29.4 Å². The van der Waals surface area contributed by atoms with E-state index < -0.39 is 5.43 Å². The summed E-state index contributed by atoms with van der Waals surface area (Å²) in [6, 6.07) is 18.1. The molecule has 2 heterocycles. The second kappa shape index (κ2) is 10.2. The van der Waals surface area contributed by atoms with Gasteiger partial charge in [0.1, 0.15) is 35.0 Å². The minimum absolute atomic E-state index is 0.0153. The Morgan fingerprint density at radius 2 is 1.59 bits per heavy atom. The molecule has 9 nitrogen and oxygen atoms in total. The first-order valence-corrected chi connectivity index (χ1v) is 11.9. The number of carbonyl (C=O) groups is 1. The summed E-state index contributed by atoms with van der Waals surface area (Å²) in [4.78, 5) is 29.0. The molecule has 5 rings (SSSR count). The zero-order valence-corrected chi connectivity index (χ0v) is 20.0. The van der Waals surface area contributed by atoms with E-state index in [-0.39, 0.29) is 53.2 Å². The molecule has 0 unspecified atom stereocenters. The molecular formula is C28H26N2O7. The van der Waals surface area contributed by atoms with Gasteiger partial charge in [0.2, 0.25) is 0 Å². The highest BCUT2D eigenvalue weighted by Crippen LogP contribution is 2.36. The molecule has 1 saturated heterocycles. The standard InChI is InChI=1S/C28H26N2O7/c31-20-8-6-19(7-9-20)25-15-24(34)26-23(33)14-22(32)21(27(26)37-25)16-29-10-12-30(13-11-29)28(35)36-17-18-4-2-1-3-5-18/h1-9,14-15,31-33H,10-13,16-17H2. The van der Waals surface area contributed by atoms with Gasteiger partial charge in [0, 0.05) is 50.4 Å². The number of hydrogen-bond acceptors (Lipinski definition) is 8. The summed E-state index contributed by atoms with van der Waals surface area (Å²) < 4.78 is 11.4.